The van der Waals surface area contributed by atoms with Crippen molar-refractivity contribution in [2.75, 3.05) is 18.8 Å². The molecule has 0 bridgehead atoms. The first-order valence-corrected chi connectivity index (χ1v) is 6.62. The van der Waals surface area contributed by atoms with Gasteiger partial charge in [-0.1, -0.05) is 19.9 Å². The van der Waals surface area contributed by atoms with Crippen LogP contribution in [0.1, 0.15) is 36.2 Å². The van der Waals surface area contributed by atoms with Gasteiger partial charge in [0.25, 0.3) is 5.91 Å². The van der Waals surface area contributed by atoms with E-state index >= 15 is 0 Å². The lowest BCUT2D eigenvalue weighted by molar-refractivity contribution is 0.0624. The summed E-state index contributed by atoms with van der Waals surface area (Å²) in [6.07, 6.45) is 1.20. The summed E-state index contributed by atoms with van der Waals surface area (Å²) < 4.78 is 0. The zero-order chi connectivity index (χ0) is 13.3. The van der Waals surface area contributed by atoms with Crippen LogP contribution in [0.25, 0.3) is 0 Å². The number of aryl methyl sites for hydroxylation is 1. The molecule has 2 N–H and O–H groups in total. The summed E-state index contributed by atoms with van der Waals surface area (Å²) in [6.45, 7) is 8.07. The largest absolute Gasteiger partial charge is 0.398 e. The van der Waals surface area contributed by atoms with Crippen LogP contribution in [-0.2, 0) is 0 Å². The SMILES string of the molecule is Cc1ccc(C(=O)N2CC(C)CC(C)C2)c(N)c1. The Bertz CT molecular complexity index is 446. The van der Waals surface area contributed by atoms with E-state index in [2.05, 4.69) is 13.8 Å². The Hall–Kier alpha value is -1.51. The third-order valence-electron chi connectivity index (χ3n) is 3.59. The Kier molecular flexibility index (Phi) is 3.60. The lowest BCUT2D eigenvalue weighted by Crippen LogP contribution is -2.42. The molecule has 1 saturated heterocycles. The average molecular weight is 246 g/mol. The monoisotopic (exact) mass is 246 g/mol. The molecule has 0 aliphatic carbocycles. The van der Waals surface area contributed by atoms with Gasteiger partial charge in [0.1, 0.15) is 0 Å². The molecule has 1 aliphatic heterocycles. The number of hydrogen-bond acceptors (Lipinski definition) is 2. The maximum atomic E-state index is 12.5. The predicted octanol–water partition coefficient (Wildman–Crippen LogP) is 2.70. The summed E-state index contributed by atoms with van der Waals surface area (Å²) in [7, 11) is 0. The molecule has 2 atom stereocenters. The standard InChI is InChI=1S/C15H22N2O/c1-10-4-5-13(14(16)7-10)15(18)17-8-11(2)6-12(3)9-17/h4-5,7,11-12H,6,8-9,16H2,1-3H3. The van der Waals surface area contributed by atoms with Crippen molar-refractivity contribution in [3.8, 4) is 0 Å². The number of amides is 1. The molecule has 1 heterocycles. The fourth-order valence-electron chi connectivity index (χ4n) is 2.88. The molecular weight excluding hydrogens is 224 g/mol. The Labute approximate surface area is 109 Å². The number of anilines is 1. The zero-order valence-electron chi connectivity index (χ0n) is 11.4. The molecule has 1 aromatic carbocycles. The molecule has 0 radical (unpaired) electrons. The normalized spacial score (nSPS) is 24.1. The summed E-state index contributed by atoms with van der Waals surface area (Å²) in [4.78, 5) is 14.4. The van der Waals surface area contributed by atoms with Crippen LogP contribution < -0.4 is 5.73 Å². The molecule has 3 heteroatoms. The van der Waals surface area contributed by atoms with Crippen molar-refractivity contribution < 1.29 is 4.79 Å². The van der Waals surface area contributed by atoms with E-state index in [-0.39, 0.29) is 5.91 Å². The molecule has 18 heavy (non-hydrogen) atoms. The third kappa shape index (κ3) is 2.66. The van der Waals surface area contributed by atoms with E-state index in [4.69, 9.17) is 5.73 Å². The van der Waals surface area contributed by atoms with Crippen molar-refractivity contribution in [2.45, 2.75) is 27.2 Å². The second-order valence-corrected chi connectivity index (χ2v) is 5.75. The fraction of sp³-hybridized carbons (Fsp3) is 0.533. The van der Waals surface area contributed by atoms with E-state index in [1.165, 1.54) is 6.42 Å². The molecule has 1 amide bonds. The number of hydrogen-bond donors (Lipinski definition) is 1. The third-order valence-corrected chi connectivity index (χ3v) is 3.59. The van der Waals surface area contributed by atoms with Gasteiger partial charge in [-0.3, -0.25) is 4.79 Å². The van der Waals surface area contributed by atoms with Crippen molar-refractivity contribution in [2.24, 2.45) is 11.8 Å². The highest BCUT2D eigenvalue weighted by atomic mass is 16.2. The summed E-state index contributed by atoms with van der Waals surface area (Å²) >= 11 is 0. The number of nitrogens with two attached hydrogens (primary N) is 1. The molecular formula is C15H22N2O. The number of likely N-dealkylation sites (tertiary alicyclic amines) is 1. The Balaban J connectivity index is 2.20. The number of rotatable bonds is 1. The molecule has 0 aromatic heterocycles. The molecule has 1 aromatic rings. The minimum Gasteiger partial charge on any atom is -0.398 e. The van der Waals surface area contributed by atoms with Gasteiger partial charge in [-0.25, -0.2) is 0 Å². The van der Waals surface area contributed by atoms with E-state index in [0.29, 0.717) is 23.1 Å². The Morgan fingerprint density at radius 2 is 1.89 bits per heavy atom. The first-order chi connectivity index (χ1) is 8.47. The van der Waals surface area contributed by atoms with Crippen LogP contribution in [0, 0.1) is 18.8 Å². The van der Waals surface area contributed by atoms with Gasteiger partial charge in [-0.2, -0.15) is 0 Å². The van der Waals surface area contributed by atoms with Crippen LogP contribution in [0.4, 0.5) is 5.69 Å². The number of nitrogen functional groups attached to an aromatic ring is 1. The second kappa shape index (κ2) is 5.01. The van der Waals surface area contributed by atoms with Crippen molar-refractivity contribution in [3.63, 3.8) is 0 Å². The Morgan fingerprint density at radius 1 is 1.28 bits per heavy atom. The van der Waals surface area contributed by atoms with Crippen LogP contribution in [0.2, 0.25) is 0 Å². The van der Waals surface area contributed by atoms with Crippen LogP contribution in [0.5, 0.6) is 0 Å². The molecule has 2 rings (SSSR count). The highest BCUT2D eigenvalue weighted by molar-refractivity contribution is 5.99. The first kappa shape index (κ1) is 12.9. The summed E-state index contributed by atoms with van der Waals surface area (Å²) in [5.41, 5.74) is 8.27. The van der Waals surface area contributed by atoms with Crippen LogP contribution in [0.3, 0.4) is 0 Å². The lowest BCUT2D eigenvalue weighted by atomic mass is 9.91. The summed E-state index contributed by atoms with van der Waals surface area (Å²) in [6, 6.07) is 5.65. The van der Waals surface area contributed by atoms with Crippen molar-refractivity contribution >= 4 is 11.6 Å². The number of carbonyl (C=O) groups excluding carboxylic acids is 1. The number of piperidine rings is 1. The summed E-state index contributed by atoms with van der Waals surface area (Å²) in [5.74, 6) is 1.22. The number of nitrogens with zero attached hydrogens (tertiary/aromatic N) is 1. The van der Waals surface area contributed by atoms with Gasteiger partial charge in [-0.15, -0.1) is 0 Å². The summed E-state index contributed by atoms with van der Waals surface area (Å²) in [5, 5.41) is 0. The van der Waals surface area contributed by atoms with Gasteiger partial charge in [-0.05, 0) is 42.9 Å². The van der Waals surface area contributed by atoms with E-state index in [9.17, 15) is 4.79 Å². The number of carbonyl (C=O) groups is 1. The molecule has 3 nitrogen and oxygen atoms in total. The molecule has 0 saturated carbocycles. The van der Waals surface area contributed by atoms with Gasteiger partial charge >= 0.3 is 0 Å². The van der Waals surface area contributed by atoms with E-state index in [0.717, 1.165) is 18.7 Å². The maximum Gasteiger partial charge on any atom is 0.255 e. The van der Waals surface area contributed by atoms with Gasteiger partial charge in [0.05, 0.1) is 5.56 Å². The van der Waals surface area contributed by atoms with Crippen molar-refractivity contribution in [1.29, 1.82) is 0 Å². The molecule has 98 valence electrons. The molecule has 1 aliphatic rings. The topological polar surface area (TPSA) is 46.3 Å². The van der Waals surface area contributed by atoms with Crippen LogP contribution >= 0.6 is 0 Å². The smallest absolute Gasteiger partial charge is 0.255 e. The predicted molar refractivity (Wildman–Crippen MR) is 74.4 cm³/mol. The zero-order valence-corrected chi connectivity index (χ0v) is 11.4. The van der Waals surface area contributed by atoms with Crippen LogP contribution in [0.15, 0.2) is 18.2 Å². The van der Waals surface area contributed by atoms with Crippen molar-refractivity contribution in [3.05, 3.63) is 29.3 Å². The lowest BCUT2D eigenvalue weighted by Gasteiger charge is -2.35. The quantitative estimate of drug-likeness (QED) is 0.774. The Morgan fingerprint density at radius 3 is 2.44 bits per heavy atom. The van der Waals surface area contributed by atoms with Gasteiger partial charge in [0.15, 0.2) is 0 Å². The minimum atomic E-state index is 0.0749. The van der Waals surface area contributed by atoms with Crippen LogP contribution in [-0.4, -0.2) is 23.9 Å². The van der Waals surface area contributed by atoms with E-state index in [1.807, 2.05) is 30.0 Å². The molecule has 1 fully saturated rings. The van der Waals surface area contributed by atoms with Gasteiger partial charge in [0.2, 0.25) is 0 Å². The minimum absolute atomic E-state index is 0.0749. The number of benzene rings is 1. The van der Waals surface area contributed by atoms with Crippen molar-refractivity contribution in [1.82, 2.24) is 4.90 Å². The van der Waals surface area contributed by atoms with E-state index in [1.54, 1.807) is 0 Å². The maximum absolute atomic E-state index is 12.5. The van der Waals surface area contributed by atoms with Gasteiger partial charge < -0.3 is 10.6 Å². The average Bonchev–Trinajstić information content (AvgIpc) is 2.26. The first-order valence-electron chi connectivity index (χ1n) is 6.62. The van der Waals surface area contributed by atoms with E-state index < -0.39 is 0 Å². The van der Waals surface area contributed by atoms with Gasteiger partial charge in [0, 0.05) is 18.8 Å². The fourth-order valence-corrected chi connectivity index (χ4v) is 2.88. The molecule has 2 unspecified atom stereocenters. The second-order valence-electron chi connectivity index (χ2n) is 5.75. The molecule has 0 spiro atoms. The highest BCUT2D eigenvalue weighted by Crippen LogP contribution is 2.24. The highest BCUT2D eigenvalue weighted by Gasteiger charge is 2.26.